The number of anilines is 1. The number of carbonyl (C=O) groups excluding carboxylic acids is 3. The van der Waals surface area contributed by atoms with Crippen LogP contribution >= 0.6 is 35.2 Å². The average molecular weight is 1080 g/mol. The molecule has 28 heteroatoms. The van der Waals surface area contributed by atoms with Crippen LogP contribution in [0.25, 0.3) is 11.2 Å². The van der Waals surface area contributed by atoms with Gasteiger partial charge in [-0.2, -0.15) is 4.31 Å². The summed E-state index contributed by atoms with van der Waals surface area (Å²) >= 11 is 1.04. The number of aliphatic hydroxyl groups is 2. The number of hydrogen-bond acceptors (Lipinski definition) is 18. The van der Waals surface area contributed by atoms with Gasteiger partial charge in [0.2, 0.25) is 16.9 Å². The Balaban J connectivity index is 1.29. The van der Waals surface area contributed by atoms with Gasteiger partial charge in [0, 0.05) is 30.7 Å². The molecule has 0 aromatic carbocycles. The number of allylic oxidation sites excluding steroid dienone is 9. The van der Waals surface area contributed by atoms with Crippen molar-refractivity contribution >= 4 is 69.1 Å². The lowest BCUT2D eigenvalue weighted by molar-refractivity contribution is -0.137. The first-order chi connectivity index (χ1) is 33.6. The Bertz CT molecular complexity index is 2310. The number of unbranched alkanes of at least 4 members (excludes halogenated alkanes) is 5. The molecular weight excluding hydrogens is 1010 g/mol. The van der Waals surface area contributed by atoms with Gasteiger partial charge in [0.15, 0.2) is 17.7 Å². The Morgan fingerprint density at radius 2 is 1.49 bits per heavy atom. The number of ether oxygens (including phenoxy) is 1. The number of rotatable bonds is 34. The highest BCUT2D eigenvalue weighted by Gasteiger charge is 2.50. The number of phosphoric ester groups is 3. The minimum atomic E-state index is -5.58. The fourth-order valence-corrected chi connectivity index (χ4v) is 9.85. The van der Waals surface area contributed by atoms with Crippen LogP contribution in [0.5, 0.6) is 0 Å². The molecule has 2 aromatic rings. The number of nitrogens with one attached hydrogen (secondary N) is 2. The molecule has 2 amide bonds. The van der Waals surface area contributed by atoms with Crippen LogP contribution in [0, 0.1) is 5.41 Å². The van der Waals surface area contributed by atoms with Crippen LogP contribution in [0.4, 0.5) is 5.82 Å². The molecule has 2 aromatic heterocycles. The second kappa shape index (κ2) is 31.1. The molecule has 10 N–H and O–H groups in total. The van der Waals surface area contributed by atoms with Crippen LogP contribution in [0.3, 0.4) is 0 Å². The van der Waals surface area contributed by atoms with Crippen LogP contribution in [0.1, 0.15) is 97.6 Å². The lowest BCUT2D eigenvalue weighted by atomic mass is 9.87. The van der Waals surface area contributed by atoms with Crippen LogP contribution in [0.2, 0.25) is 0 Å². The fourth-order valence-electron chi connectivity index (χ4n) is 6.42. The van der Waals surface area contributed by atoms with Crippen LogP contribution in [0.15, 0.2) is 73.4 Å². The van der Waals surface area contributed by atoms with Crippen molar-refractivity contribution in [3.63, 3.8) is 0 Å². The molecule has 398 valence electrons. The zero-order chi connectivity index (χ0) is 52.5. The first-order valence-corrected chi connectivity index (χ1v) is 28.4. The molecule has 0 bridgehead atoms. The molecule has 3 heterocycles. The number of imidazole rings is 1. The second-order valence-corrected chi connectivity index (χ2v) is 22.0. The smallest absolute Gasteiger partial charge is 0.386 e. The monoisotopic (exact) mass is 1080 g/mol. The molecule has 0 saturated carbocycles. The van der Waals surface area contributed by atoms with Gasteiger partial charge in [-0.1, -0.05) is 100 Å². The number of hydrogen-bond donors (Lipinski definition) is 9. The van der Waals surface area contributed by atoms with E-state index in [1.165, 1.54) is 39.2 Å². The van der Waals surface area contributed by atoms with Crippen molar-refractivity contribution in [1.29, 1.82) is 0 Å². The van der Waals surface area contributed by atoms with Gasteiger partial charge in [-0.3, -0.25) is 32.5 Å². The van der Waals surface area contributed by atoms with Gasteiger partial charge < -0.3 is 50.9 Å². The Hall–Kier alpha value is -3.74. The number of aromatic nitrogens is 4. The molecule has 24 nitrogen and oxygen atoms in total. The van der Waals surface area contributed by atoms with E-state index in [1.807, 2.05) is 6.08 Å². The zero-order valence-corrected chi connectivity index (χ0v) is 43.4. The molecule has 0 radical (unpaired) electrons. The topological polar surface area (TPSA) is 364 Å². The van der Waals surface area contributed by atoms with Crippen LogP contribution < -0.4 is 16.4 Å². The van der Waals surface area contributed by atoms with E-state index in [0.29, 0.717) is 5.75 Å². The Morgan fingerprint density at radius 3 is 2.14 bits per heavy atom. The third kappa shape index (κ3) is 23.8. The third-order valence-electron chi connectivity index (χ3n) is 10.2. The maximum absolute atomic E-state index is 12.7. The largest absolute Gasteiger partial charge is 0.481 e. The molecule has 0 aliphatic carbocycles. The molecule has 1 fully saturated rings. The average Bonchev–Trinajstić information content (AvgIpc) is 3.86. The second-order valence-electron chi connectivity index (χ2n) is 16.7. The van der Waals surface area contributed by atoms with E-state index in [-0.39, 0.29) is 41.6 Å². The predicted molar refractivity (Wildman–Crippen MR) is 265 cm³/mol. The summed E-state index contributed by atoms with van der Waals surface area (Å²) in [5.74, 6) is -1.14. The van der Waals surface area contributed by atoms with E-state index in [4.69, 9.17) is 19.5 Å². The molecule has 0 spiro atoms. The molecule has 1 aliphatic heterocycles. The molecule has 1 aliphatic rings. The number of nitrogens with two attached hydrogens (primary N) is 1. The van der Waals surface area contributed by atoms with E-state index in [2.05, 4.69) is 90.0 Å². The Morgan fingerprint density at radius 1 is 0.873 bits per heavy atom. The van der Waals surface area contributed by atoms with Crippen molar-refractivity contribution in [3.05, 3.63) is 73.4 Å². The molecule has 3 rings (SSSR count). The van der Waals surface area contributed by atoms with Crippen molar-refractivity contribution < 1.29 is 80.5 Å². The molecule has 7 atom stereocenters. The number of aliphatic hydroxyl groups excluding tert-OH is 2. The number of carbonyl (C=O) groups is 3. The van der Waals surface area contributed by atoms with E-state index in [1.54, 1.807) is 0 Å². The van der Waals surface area contributed by atoms with Crippen molar-refractivity contribution in [2.75, 3.05) is 37.8 Å². The van der Waals surface area contributed by atoms with E-state index < -0.39 is 84.6 Å². The molecule has 71 heavy (non-hydrogen) atoms. The Labute approximate surface area is 417 Å². The summed E-state index contributed by atoms with van der Waals surface area (Å²) in [5.41, 5.74) is 4.27. The Kier molecular flexibility index (Phi) is 27.0. The highest BCUT2D eigenvalue weighted by molar-refractivity contribution is 8.14. The van der Waals surface area contributed by atoms with Crippen LogP contribution in [-0.4, -0.2) is 123 Å². The first kappa shape index (κ1) is 61.6. The van der Waals surface area contributed by atoms with E-state index in [0.717, 1.165) is 73.9 Å². The third-order valence-corrected chi connectivity index (χ3v) is 14.1. The van der Waals surface area contributed by atoms with Crippen molar-refractivity contribution in [3.8, 4) is 0 Å². The summed E-state index contributed by atoms with van der Waals surface area (Å²) in [6, 6.07) is 0. The summed E-state index contributed by atoms with van der Waals surface area (Å²) in [7, 11) is -16.4. The lowest BCUT2D eigenvalue weighted by Crippen LogP contribution is -2.46. The fraction of sp³-hybridized carbons (Fsp3) is 0.581. The van der Waals surface area contributed by atoms with Gasteiger partial charge in [0.05, 0.1) is 19.5 Å². The van der Waals surface area contributed by atoms with Gasteiger partial charge in [-0.25, -0.2) is 28.6 Å². The zero-order valence-electron chi connectivity index (χ0n) is 39.9. The van der Waals surface area contributed by atoms with E-state index in [9.17, 15) is 57.9 Å². The standard InChI is InChI=1S/C43H68N7O17P3S/c1-4-5-6-7-8-9-10-11-12-13-14-15-16-17-18-19-20-21-22-23-34(52)71-27-26-45-33(51)24-25-46-41(55)38(54)43(2,3)29-64-70(61,62)67-69(59,60)63-28-32-37(66-68(56,57)58)36(53)42(65-32)50-31-49-35-39(44)47-30-48-40(35)50/h8-9,11-12,14-15,17-18,22-23,30-32,36-38,42,53-54H,4-7,10,13,16,19-21,24-29H2,1-3H3,(H,45,51)(H,46,55)(H,59,60)(H,61,62)(H2,44,47,48)(H2,56,57,58). The number of nitrogens with zero attached hydrogens (tertiary/aromatic N) is 4. The SMILES string of the molecule is CCCCCC=CCC=CCC=CCC=CCCCC=CC(=O)SCCNC(=O)CCNC(=O)C(O)C(C)(C)COP(=O)(O)OP(=O)(O)OCC1OC(n2cnc3c(N)ncnc32)C(O)C1OP(=O)(O)O. The van der Waals surface area contributed by atoms with Crippen molar-refractivity contribution in [1.82, 2.24) is 30.2 Å². The normalized spacial score (nSPS) is 20.2. The molecular formula is C43H68N7O17P3S. The number of phosphoric acid groups is 3. The molecule has 1 saturated heterocycles. The molecule has 7 unspecified atom stereocenters. The number of thioether (sulfide) groups is 1. The van der Waals surface area contributed by atoms with Gasteiger partial charge in [-0.15, -0.1) is 0 Å². The number of nitrogen functional groups attached to an aromatic ring is 1. The highest BCUT2D eigenvalue weighted by Crippen LogP contribution is 2.61. The first-order valence-electron chi connectivity index (χ1n) is 22.9. The summed E-state index contributed by atoms with van der Waals surface area (Å²) in [5, 5.41) is 26.4. The van der Waals surface area contributed by atoms with Gasteiger partial charge in [0.1, 0.15) is 36.3 Å². The van der Waals surface area contributed by atoms with Gasteiger partial charge in [-0.05, 0) is 57.4 Å². The predicted octanol–water partition coefficient (Wildman–Crippen LogP) is 5.37. The van der Waals surface area contributed by atoms with Crippen LogP contribution in [-0.2, 0) is 50.7 Å². The highest BCUT2D eigenvalue weighted by atomic mass is 32.2. The maximum Gasteiger partial charge on any atom is 0.481 e. The lowest BCUT2D eigenvalue weighted by Gasteiger charge is -2.30. The van der Waals surface area contributed by atoms with Crippen molar-refractivity contribution in [2.24, 2.45) is 5.41 Å². The quantitative estimate of drug-likeness (QED) is 0.0184. The van der Waals surface area contributed by atoms with E-state index >= 15 is 0 Å². The number of fused-ring (bicyclic) bond motifs is 1. The number of amides is 2. The van der Waals surface area contributed by atoms with Gasteiger partial charge >= 0.3 is 23.5 Å². The van der Waals surface area contributed by atoms with Gasteiger partial charge in [0.25, 0.3) is 0 Å². The summed E-state index contributed by atoms with van der Waals surface area (Å²) in [4.78, 5) is 88.3. The summed E-state index contributed by atoms with van der Waals surface area (Å²) < 4.78 is 62.4. The van der Waals surface area contributed by atoms with Crippen molar-refractivity contribution in [2.45, 2.75) is 122 Å². The minimum Gasteiger partial charge on any atom is -0.386 e. The minimum absolute atomic E-state index is 0.0295. The summed E-state index contributed by atoms with van der Waals surface area (Å²) in [6.45, 7) is 2.68. The summed E-state index contributed by atoms with van der Waals surface area (Å²) in [6.07, 6.45) is 24.1. The maximum atomic E-state index is 12.7.